The molecule has 0 unspecified atom stereocenters. The maximum atomic E-state index is 12.3. The standard InChI is InChI=1S/C18H14BrClN2OS/c1-11-16(10-12-2-8-15(20)9-3-12)24-18(21-11)22-17(23)13-4-6-14(19)7-5-13/h2-9H,10H2,1H3,(H,21,22,23). The molecule has 0 bridgehead atoms. The first-order chi connectivity index (χ1) is 11.5. The highest BCUT2D eigenvalue weighted by Crippen LogP contribution is 2.26. The van der Waals surface area contributed by atoms with E-state index in [9.17, 15) is 4.79 Å². The van der Waals surface area contributed by atoms with Gasteiger partial charge in [0.2, 0.25) is 0 Å². The van der Waals surface area contributed by atoms with Crippen LogP contribution in [0.1, 0.15) is 26.5 Å². The van der Waals surface area contributed by atoms with Crippen molar-refractivity contribution in [1.29, 1.82) is 0 Å². The molecule has 0 aliphatic heterocycles. The van der Waals surface area contributed by atoms with Crippen molar-refractivity contribution in [1.82, 2.24) is 4.98 Å². The van der Waals surface area contributed by atoms with Crippen LogP contribution in [-0.4, -0.2) is 10.9 Å². The average molecular weight is 422 g/mol. The molecule has 0 saturated carbocycles. The van der Waals surface area contributed by atoms with Crippen molar-refractivity contribution in [2.45, 2.75) is 13.3 Å². The lowest BCUT2D eigenvalue weighted by molar-refractivity contribution is 0.102. The van der Waals surface area contributed by atoms with Gasteiger partial charge in [-0.1, -0.05) is 39.7 Å². The van der Waals surface area contributed by atoms with Gasteiger partial charge in [0.25, 0.3) is 5.91 Å². The zero-order chi connectivity index (χ0) is 17.1. The number of anilines is 1. The summed E-state index contributed by atoms with van der Waals surface area (Å²) in [4.78, 5) is 17.9. The van der Waals surface area contributed by atoms with Crippen molar-refractivity contribution in [3.8, 4) is 0 Å². The first kappa shape index (κ1) is 17.1. The zero-order valence-corrected chi connectivity index (χ0v) is 16.0. The molecule has 3 aromatic rings. The fourth-order valence-corrected chi connectivity index (χ4v) is 3.59. The number of nitrogens with zero attached hydrogens (tertiary/aromatic N) is 1. The van der Waals surface area contributed by atoms with Crippen LogP contribution < -0.4 is 5.32 Å². The van der Waals surface area contributed by atoms with Gasteiger partial charge in [0.05, 0.1) is 5.69 Å². The molecule has 1 amide bonds. The Kier molecular flexibility index (Phi) is 5.33. The number of hydrogen-bond acceptors (Lipinski definition) is 3. The second kappa shape index (κ2) is 7.47. The second-order valence-corrected chi connectivity index (χ2v) is 7.73. The molecule has 0 aliphatic rings. The number of thiazole rings is 1. The molecule has 0 atom stereocenters. The molecular formula is C18H14BrClN2OS. The Morgan fingerprint density at radius 3 is 2.50 bits per heavy atom. The maximum Gasteiger partial charge on any atom is 0.257 e. The molecule has 0 radical (unpaired) electrons. The lowest BCUT2D eigenvalue weighted by Gasteiger charge is -2.01. The van der Waals surface area contributed by atoms with Gasteiger partial charge in [0.1, 0.15) is 0 Å². The Balaban J connectivity index is 1.72. The molecule has 1 aromatic heterocycles. The van der Waals surface area contributed by atoms with Crippen molar-refractivity contribution in [3.05, 3.63) is 79.7 Å². The number of nitrogens with one attached hydrogen (secondary N) is 1. The Labute approximate surface area is 157 Å². The molecule has 2 aromatic carbocycles. The van der Waals surface area contributed by atoms with Crippen LogP contribution in [0.15, 0.2) is 53.0 Å². The number of carbonyl (C=O) groups is 1. The average Bonchev–Trinajstić information content (AvgIpc) is 2.89. The van der Waals surface area contributed by atoms with Crippen LogP contribution in [-0.2, 0) is 6.42 Å². The third kappa shape index (κ3) is 4.23. The summed E-state index contributed by atoms with van der Waals surface area (Å²) in [7, 11) is 0. The van der Waals surface area contributed by atoms with Crippen molar-refractivity contribution in [2.75, 3.05) is 5.32 Å². The van der Waals surface area contributed by atoms with Crippen molar-refractivity contribution >= 4 is 49.9 Å². The van der Waals surface area contributed by atoms with Crippen LogP contribution in [0.5, 0.6) is 0 Å². The van der Waals surface area contributed by atoms with Gasteiger partial charge in [-0.2, -0.15) is 0 Å². The minimum Gasteiger partial charge on any atom is -0.298 e. The van der Waals surface area contributed by atoms with Crippen LogP contribution in [0.4, 0.5) is 5.13 Å². The van der Waals surface area contributed by atoms with E-state index >= 15 is 0 Å². The number of carbonyl (C=O) groups excluding carboxylic acids is 1. The van der Waals surface area contributed by atoms with Crippen LogP contribution in [0.3, 0.4) is 0 Å². The number of halogens is 2. The van der Waals surface area contributed by atoms with Gasteiger partial charge in [0.15, 0.2) is 5.13 Å². The van der Waals surface area contributed by atoms with Crippen LogP contribution >= 0.6 is 38.9 Å². The number of benzene rings is 2. The van der Waals surface area contributed by atoms with Gasteiger partial charge in [0, 0.05) is 26.4 Å². The summed E-state index contributed by atoms with van der Waals surface area (Å²) in [6, 6.07) is 15.0. The molecule has 1 heterocycles. The maximum absolute atomic E-state index is 12.3. The van der Waals surface area contributed by atoms with Gasteiger partial charge < -0.3 is 0 Å². The number of aromatic nitrogens is 1. The molecule has 0 aliphatic carbocycles. The minimum atomic E-state index is -0.158. The third-order valence-electron chi connectivity index (χ3n) is 3.50. The van der Waals surface area contributed by atoms with Crippen molar-refractivity contribution in [3.63, 3.8) is 0 Å². The summed E-state index contributed by atoms with van der Waals surface area (Å²) in [5, 5.41) is 4.21. The van der Waals surface area contributed by atoms with E-state index in [4.69, 9.17) is 11.6 Å². The number of aryl methyl sites for hydroxylation is 1. The van der Waals surface area contributed by atoms with Gasteiger partial charge >= 0.3 is 0 Å². The quantitative estimate of drug-likeness (QED) is 0.586. The van der Waals surface area contributed by atoms with Gasteiger partial charge in [-0.05, 0) is 48.9 Å². The van der Waals surface area contributed by atoms with Gasteiger partial charge in [-0.3, -0.25) is 10.1 Å². The van der Waals surface area contributed by atoms with E-state index in [1.165, 1.54) is 11.3 Å². The highest BCUT2D eigenvalue weighted by molar-refractivity contribution is 9.10. The number of rotatable bonds is 4. The van der Waals surface area contributed by atoms with Crippen molar-refractivity contribution in [2.24, 2.45) is 0 Å². The topological polar surface area (TPSA) is 42.0 Å². The summed E-state index contributed by atoms with van der Waals surface area (Å²) in [6.45, 7) is 1.96. The van der Waals surface area contributed by atoms with Crippen LogP contribution in [0.25, 0.3) is 0 Å². The van der Waals surface area contributed by atoms with E-state index in [-0.39, 0.29) is 5.91 Å². The van der Waals surface area contributed by atoms with E-state index in [0.29, 0.717) is 10.7 Å². The SMILES string of the molecule is Cc1nc(NC(=O)c2ccc(Br)cc2)sc1Cc1ccc(Cl)cc1. The van der Waals surface area contributed by atoms with Gasteiger partial charge in [-0.15, -0.1) is 11.3 Å². The Bertz CT molecular complexity index is 860. The van der Waals surface area contributed by atoms with Crippen LogP contribution in [0, 0.1) is 6.92 Å². The van der Waals surface area contributed by atoms with E-state index in [1.807, 2.05) is 43.3 Å². The predicted molar refractivity (Wildman–Crippen MR) is 103 cm³/mol. The molecule has 1 N–H and O–H groups in total. The van der Waals surface area contributed by atoms with E-state index in [1.54, 1.807) is 12.1 Å². The van der Waals surface area contributed by atoms with E-state index < -0.39 is 0 Å². The molecule has 122 valence electrons. The fourth-order valence-electron chi connectivity index (χ4n) is 2.20. The highest BCUT2D eigenvalue weighted by Gasteiger charge is 2.12. The van der Waals surface area contributed by atoms with Crippen LogP contribution in [0.2, 0.25) is 5.02 Å². The van der Waals surface area contributed by atoms with Gasteiger partial charge in [-0.25, -0.2) is 4.98 Å². The first-order valence-corrected chi connectivity index (χ1v) is 9.27. The summed E-state index contributed by atoms with van der Waals surface area (Å²) in [6.07, 6.45) is 0.773. The molecule has 3 nitrogen and oxygen atoms in total. The summed E-state index contributed by atoms with van der Waals surface area (Å²) in [5.41, 5.74) is 2.70. The molecule has 0 spiro atoms. The largest absolute Gasteiger partial charge is 0.298 e. The minimum absolute atomic E-state index is 0.158. The normalized spacial score (nSPS) is 10.6. The number of amides is 1. The zero-order valence-electron chi connectivity index (χ0n) is 12.8. The second-order valence-electron chi connectivity index (χ2n) is 5.29. The summed E-state index contributed by atoms with van der Waals surface area (Å²) in [5.74, 6) is -0.158. The molecule has 3 rings (SSSR count). The third-order valence-corrected chi connectivity index (χ3v) is 5.35. The molecule has 6 heteroatoms. The molecule has 0 saturated heterocycles. The lowest BCUT2D eigenvalue weighted by atomic mass is 10.1. The smallest absolute Gasteiger partial charge is 0.257 e. The monoisotopic (exact) mass is 420 g/mol. The molecule has 24 heavy (non-hydrogen) atoms. The number of hydrogen-bond donors (Lipinski definition) is 1. The molecule has 0 fully saturated rings. The summed E-state index contributed by atoms with van der Waals surface area (Å²) < 4.78 is 0.939. The summed E-state index contributed by atoms with van der Waals surface area (Å²) >= 11 is 10.8. The van der Waals surface area contributed by atoms with Crippen molar-refractivity contribution < 1.29 is 4.79 Å². The molecular weight excluding hydrogens is 408 g/mol. The fraction of sp³-hybridized carbons (Fsp3) is 0.111. The predicted octanol–water partition coefficient (Wildman–Crippen LogP) is 5.71. The highest BCUT2D eigenvalue weighted by atomic mass is 79.9. The lowest BCUT2D eigenvalue weighted by Crippen LogP contribution is -2.11. The first-order valence-electron chi connectivity index (χ1n) is 7.29. The Morgan fingerprint density at radius 2 is 1.83 bits per heavy atom. The van der Waals surface area contributed by atoms with E-state index in [2.05, 4.69) is 26.2 Å². The van der Waals surface area contributed by atoms with E-state index in [0.717, 1.165) is 32.1 Å². The Hall–Kier alpha value is -1.69. The Morgan fingerprint density at radius 1 is 1.17 bits per heavy atom.